The lowest BCUT2D eigenvalue weighted by molar-refractivity contribution is -0.137. The minimum Gasteiger partial charge on any atom is -0.495 e. The van der Waals surface area contributed by atoms with Crippen molar-refractivity contribution in [3.63, 3.8) is 0 Å². The van der Waals surface area contributed by atoms with Gasteiger partial charge in [-0.2, -0.15) is 13.2 Å². The quantitative estimate of drug-likeness (QED) is 0.635. The van der Waals surface area contributed by atoms with Crippen molar-refractivity contribution in [2.75, 3.05) is 29.4 Å². The highest BCUT2D eigenvalue weighted by molar-refractivity contribution is 7.74. The van der Waals surface area contributed by atoms with Gasteiger partial charge in [-0.15, -0.1) is 0 Å². The Bertz CT molecular complexity index is 1040. The fourth-order valence-electron chi connectivity index (χ4n) is 3.57. The molecule has 1 saturated heterocycles. The molecular formula is C20H21F3N2O5S. The SMILES string of the molecule is COc1ccc(C(=O)O)cc1N(c1cc(C(F)(F)F)ccc1N1CCCCC1)[SH](=O)=O. The fourth-order valence-corrected chi connectivity index (χ4v) is 4.23. The number of carboxylic acids is 1. The second kappa shape index (κ2) is 9.04. The van der Waals surface area contributed by atoms with Gasteiger partial charge in [0.1, 0.15) is 5.75 Å². The molecule has 0 aromatic heterocycles. The molecule has 2 aromatic carbocycles. The molecule has 0 aliphatic carbocycles. The van der Waals surface area contributed by atoms with E-state index < -0.39 is 28.6 Å². The number of hydrogen-bond acceptors (Lipinski definition) is 5. The van der Waals surface area contributed by atoms with Gasteiger partial charge in [-0.25, -0.2) is 17.5 Å². The lowest BCUT2D eigenvalue weighted by Crippen LogP contribution is -2.31. The Morgan fingerprint density at radius 3 is 2.29 bits per heavy atom. The molecule has 0 bridgehead atoms. The topological polar surface area (TPSA) is 87.2 Å². The van der Waals surface area contributed by atoms with E-state index in [9.17, 15) is 31.5 Å². The Kier molecular flexibility index (Phi) is 6.63. The lowest BCUT2D eigenvalue weighted by Gasteiger charge is -2.33. The molecular weight excluding hydrogens is 437 g/mol. The number of carbonyl (C=O) groups is 1. The summed E-state index contributed by atoms with van der Waals surface area (Å²) < 4.78 is 70.8. The molecule has 1 heterocycles. The van der Waals surface area contributed by atoms with Crippen LogP contribution in [-0.2, 0) is 17.1 Å². The van der Waals surface area contributed by atoms with Gasteiger partial charge < -0.3 is 14.7 Å². The van der Waals surface area contributed by atoms with Gasteiger partial charge in [-0.3, -0.25) is 0 Å². The van der Waals surface area contributed by atoms with Crippen molar-refractivity contribution in [3.05, 3.63) is 47.5 Å². The highest BCUT2D eigenvalue weighted by atomic mass is 32.2. The van der Waals surface area contributed by atoms with Gasteiger partial charge in [-0.1, -0.05) is 0 Å². The van der Waals surface area contributed by atoms with E-state index in [1.165, 1.54) is 25.3 Å². The summed E-state index contributed by atoms with van der Waals surface area (Å²) in [7, 11) is -2.23. The molecule has 0 atom stereocenters. The molecule has 1 aliphatic heterocycles. The Morgan fingerprint density at radius 2 is 1.74 bits per heavy atom. The van der Waals surface area contributed by atoms with Gasteiger partial charge in [-0.05, 0) is 55.7 Å². The van der Waals surface area contributed by atoms with Crippen LogP contribution in [0.3, 0.4) is 0 Å². The molecule has 1 aliphatic rings. The summed E-state index contributed by atoms with van der Waals surface area (Å²) in [6.07, 6.45) is -2.08. The maximum atomic E-state index is 13.4. The summed E-state index contributed by atoms with van der Waals surface area (Å²) >= 11 is 0. The van der Waals surface area contributed by atoms with Crippen molar-refractivity contribution < 1.29 is 36.2 Å². The Balaban J connectivity index is 2.27. The third kappa shape index (κ3) is 4.87. The first-order valence-corrected chi connectivity index (χ1v) is 10.6. The fraction of sp³-hybridized carbons (Fsp3) is 0.350. The van der Waals surface area contributed by atoms with Crippen molar-refractivity contribution in [3.8, 4) is 5.75 Å². The summed E-state index contributed by atoms with van der Waals surface area (Å²) in [4.78, 5) is 13.2. The van der Waals surface area contributed by atoms with Crippen LogP contribution < -0.4 is 13.9 Å². The van der Waals surface area contributed by atoms with Crippen LogP contribution in [-0.4, -0.2) is 39.7 Å². The molecule has 7 nitrogen and oxygen atoms in total. The van der Waals surface area contributed by atoms with Crippen LogP contribution in [0, 0.1) is 0 Å². The average molecular weight is 458 g/mol. The minimum atomic E-state index is -4.69. The van der Waals surface area contributed by atoms with E-state index in [4.69, 9.17) is 4.74 Å². The average Bonchev–Trinajstić information content (AvgIpc) is 2.73. The van der Waals surface area contributed by atoms with Crippen molar-refractivity contribution in [2.24, 2.45) is 0 Å². The number of carboxylic acid groups (broad SMARTS) is 1. The Labute approximate surface area is 178 Å². The number of halogens is 3. The van der Waals surface area contributed by atoms with Gasteiger partial charge in [0.25, 0.3) is 0 Å². The third-order valence-electron chi connectivity index (χ3n) is 5.04. The van der Waals surface area contributed by atoms with Crippen LogP contribution in [0.1, 0.15) is 35.2 Å². The van der Waals surface area contributed by atoms with Gasteiger partial charge >= 0.3 is 12.1 Å². The number of methoxy groups -OCH3 is 1. The van der Waals surface area contributed by atoms with E-state index in [2.05, 4.69) is 0 Å². The number of hydrogen-bond donors (Lipinski definition) is 2. The second-order valence-electron chi connectivity index (χ2n) is 6.99. The zero-order chi connectivity index (χ0) is 22.8. The van der Waals surface area contributed by atoms with E-state index >= 15 is 0 Å². The highest BCUT2D eigenvalue weighted by Gasteiger charge is 2.33. The molecule has 11 heteroatoms. The number of benzene rings is 2. The van der Waals surface area contributed by atoms with E-state index in [1.54, 1.807) is 0 Å². The largest absolute Gasteiger partial charge is 0.495 e. The first kappa shape index (κ1) is 22.7. The lowest BCUT2D eigenvalue weighted by atomic mass is 10.1. The maximum Gasteiger partial charge on any atom is 0.416 e. The van der Waals surface area contributed by atoms with Gasteiger partial charge in [0, 0.05) is 13.1 Å². The number of anilines is 3. The highest BCUT2D eigenvalue weighted by Crippen LogP contribution is 2.43. The number of aromatic carboxylic acids is 1. The first-order chi connectivity index (χ1) is 14.6. The monoisotopic (exact) mass is 458 g/mol. The predicted molar refractivity (Wildman–Crippen MR) is 110 cm³/mol. The number of ether oxygens (including phenoxy) is 1. The summed E-state index contributed by atoms with van der Waals surface area (Å²) in [6, 6.07) is 6.48. The smallest absolute Gasteiger partial charge is 0.416 e. The number of piperidine rings is 1. The minimum absolute atomic E-state index is 0.00575. The normalized spacial score (nSPS) is 14.5. The van der Waals surface area contributed by atoms with Crippen LogP contribution in [0.25, 0.3) is 0 Å². The standard InChI is InChI=1S/C20H21F3N2O5S/c1-30-18-8-5-13(19(26)27)11-17(18)25(31(28)29)16-12-14(20(21,22)23)6-7-15(16)24-9-3-2-4-10-24/h5-8,11-12,31H,2-4,9-10H2,1H3,(H,26,27). The van der Waals surface area contributed by atoms with Gasteiger partial charge in [0.05, 0.1) is 35.3 Å². The summed E-state index contributed by atoms with van der Waals surface area (Å²) in [5.41, 5.74) is -1.33. The van der Waals surface area contributed by atoms with E-state index in [0.717, 1.165) is 37.5 Å². The molecule has 0 spiro atoms. The first-order valence-electron chi connectivity index (χ1n) is 9.45. The zero-order valence-corrected chi connectivity index (χ0v) is 17.4. The van der Waals surface area contributed by atoms with Crippen LogP contribution >= 0.6 is 0 Å². The number of rotatable bonds is 6. The third-order valence-corrected chi connectivity index (χ3v) is 5.80. The van der Waals surface area contributed by atoms with Crippen LogP contribution in [0.15, 0.2) is 36.4 Å². The number of alkyl halides is 3. The molecule has 0 amide bonds. The second-order valence-corrected chi connectivity index (χ2v) is 7.87. The maximum absolute atomic E-state index is 13.4. The van der Waals surface area contributed by atoms with Crippen molar-refractivity contribution >= 4 is 33.9 Å². The van der Waals surface area contributed by atoms with Crippen molar-refractivity contribution in [1.29, 1.82) is 0 Å². The van der Waals surface area contributed by atoms with E-state index in [1.807, 2.05) is 4.90 Å². The van der Waals surface area contributed by atoms with Crippen LogP contribution in [0.4, 0.5) is 30.2 Å². The molecule has 0 saturated carbocycles. The number of nitrogens with zero attached hydrogens (tertiary/aromatic N) is 2. The van der Waals surface area contributed by atoms with Crippen molar-refractivity contribution in [1.82, 2.24) is 0 Å². The molecule has 0 radical (unpaired) electrons. The molecule has 31 heavy (non-hydrogen) atoms. The summed E-state index contributed by atoms with van der Waals surface area (Å²) in [5.74, 6) is -1.31. The van der Waals surface area contributed by atoms with Gasteiger partial charge in [0.2, 0.25) is 10.9 Å². The van der Waals surface area contributed by atoms with Crippen molar-refractivity contribution in [2.45, 2.75) is 25.4 Å². The molecule has 2 aromatic rings. The molecule has 168 valence electrons. The van der Waals surface area contributed by atoms with E-state index in [0.29, 0.717) is 23.1 Å². The summed E-state index contributed by atoms with van der Waals surface area (Å²) in [5, 5.41) is 9.31. The van der Waals surface area contributed by atoms with Crippen LogP contribution in [0.2, 0.25) is 0 Å². The number of thiol groups is 1. The predicted octanol–water partition coefficient (Wildman–Crippen LogP) is 4.07. The Hall–Kier alpha value is -2.95. The molecule has 1 N–H and O–H groups in total. The summed E-state index contributed by atoms with van der Waals surface area (Å²) in [6.45, 7) is 1.13. The molecule has 0 unspecified atom stereocenters. The van der Waals surface area contributed by atoms with E-state index in [-0.39, 0.29) is 22.7 Å². The molecule has 3 rings (SSSR count). The zero-order valence-electron chi connectivity index (χ0n) is 16.6. The molecule has 1 fully saturated rings. The van der Waals surface area contributed by atoms with Gasteiger partial charge in [0.15, 0.2) is 0 Å². The van der Waals surface area contributed by atoms with Crippen LogP contribution in [0.5, 0.6) is 5.75 Å². The Morgan fingerprint density at radius 1 is 1.06 bits per heavy atom.